The third-order valence-electron chi connectivity index (χ3n) is 1.69. The van der Waals surface area contributed by atoms with E-state index in [4.69, 9.17) is 5.73 Å². The summed E-state index contributed by atoms with van der Waals surface area (Å²) < 4.78 is 4.50. The maximum atomic E-state index is 5.63. The van der Waals surface area contributed by atoms with Crippen LogP contribution in [0.2, 0.25) is 0 Å². The molecule has 6 nitrogen and oxygen atoms in total. The van der Waals surface area contributed by atoms with E-state index in [1.165, 1.54) is 0 Å². The molecule has 0 saturated heterocycles. The summed E-state index contributed by atoms with van der Waals surface area (Å²) in [5, 5.41) is 7.19. The van der Waals surface area contributed by atoms with Crippen LogP contribution in [0.15, 0.2) is 4.63 Å². The van der Waals surface area contributed by atoms with E-state index in [1.807, 2.05) is 13.8 Å². The summed E-state index contributed by atoms with van der Waals surface area (Å²) in [4.78, 5) is 8.21. The zero-order valence-electron chi connectivity index (χ0n) is 7.35. The molecule has 2 aromatic rings. The molecule has 0 aliphatic carbocycles. The largest absolute Gasteiger partial charge is 0.382 e. The Balaban J connectivity index is 2.70. The molecule has 2 rings (SSSR count). The molecule has 2 aromatic heterocycles. The van der Waals surface area contributed by atoms with Gasteiger partial charge in [-0.3, -0.25) is 0 Å². The van der Waals surface area contributed by atoms with Gasteiger partial charge in [0.25, 0.3) is 0 Å². The van der Waals surface area contributed by atoms with Gasteiger partial charge in [0.1, 0.15) is 5.82 Å². The highest BCUT2D eigenvalue weighted by Gasteiger charge is 2.11. The van der Waals surface area contributed by atoms with Crippen molar-refractivity contribution in [1.29, 1.82) is 0 Å². The van der Waals surface area contributed by atoms with Crippen molar-refractivity contribution in [1.82, 2.24) is 20.3 Å². The highest BCUT2D eigenvalue weighted by atomic mass is 16.6. The number of nitrogens with zero attached hydrogens (tertiary/aromatic N) is 4. The first kappa shape index (κ1) is 7.90. The van der Waals surface area contributed by atoms with E-state index in [0.29, 0.717) is 22.8 Å². The van der Waals surface area contributed by atoms with Gasteiger partial charge >= 0.3 is 0 Å². The van der Waals surface area contributed by atoms with Gasteiger partial charge in [-0.1, -0.05) is 13.8 Å². The average molecular weight is 179 g/mol. The van der Waals surface area contributed by atoms with E-state index in [2.05, 4.69) is 24.9 Å². The molecule has 0 atom stereocenters. The number of rotatable bonds is 1. The molecule has 0 aliphatic rings. The lowest BCUT2D eigenvalue weighted by Crippen LogP contribution is -2.02. The predicted molar refractivity (Wildman–Crippen MR) is 45.9 cm³/mol. The van der Waals surface area contributed by atoms with Crippen LogP contribution in [0.1, 0.15) is 25.6 Å². The van der Waals surface area contributed by atoms with Crippen molar-refractivity contribution in [2.45, 2.75) is 19.8 Å². The highest BCUT2D eigenvalue weighted by molar-refractivity contribution is 5.79. The van der Waals surface area contributed by atoms with Crippen LogP contribution in [0.5, 0.6) is 0 Å². The Morgan fingerprint density at radius 2 is 2.00 bits per heavy atom. The fourth-order valence-electron chi connectivity index (χ4n) is 0.987. The quantitative estimate of drug-likeness (QED) is 0.693. The molecule has 0 aromatic carbocycles. The molecule has 0 radical (unpaired) electrons. The molecular weight excluding hydrogens is 170 g/mol. The normalized spacial score (nSPS) is 11.3. The molecule has 0 saturated carbocycles. The van der Waals surface area contributed by atoms with Gasteiger partial charge in [-0.15, -0.1) is 0 Å². The summed E-state index contributed by atoms with van der Waals surface area (Å²) in [5.74, 6) is 1.18. The van der Waals surface area contributed by atoms with Gasteiger partial charge in [-0.25, -0.2) is 14.6 Å². The Morgan fingerprint density at radius 3 is 2.69 bits per heavy atom. The lowest BCUT2D eigenvalue weighted by atomic mass is 10.2. The fraction of sp³-hybridized carbons (Fsp3) is 0.429. The molecule has 0 fully saturated rings. The topological polar surface area (TPSA) is 90.7 Å². The van der Waals surface area contributed by atoms with Crippen molar-refractivity contribution in [3.63, 3.8) is 0 Å². The van der Waals surface area contributed by atoms with Gasteiger partial charge < -0.3 is 5.73 Å². The van der Waals surface area contributed by atoms with E-state index in [0.717, 1.165) is 0 Å². The maximum Gasteiger partial charge on any atom is 0.229 e. The van der Waals surface area contributed by atoms with Crippen LogP contribution in [0, 0.1) is 0 Å². The third kappa shape index (κ3) is 1.20. The van der Waals surface area contributed by atoms with Crippen LogP contribution >= 0.6 is 0 Å². The first-order valence-corrected chi connectivity index (χ1v) is 3.94. The summed E-state index contributed by atoms with van der Waals surface area (Å²) in [7, 11) is 0. The number of hydrogen-bond acceptors (Lipinski definition) is 6. The number of aromatic nitrogens is 4. The van der Waals surface area contributed by atoms with Crippen LogP contribution in [0.25, 0.3) is 11.2 Å². The molecule has 2 N–H and O–H groups in total. The van der Waals surface area contributed by atoms with E-state index < -0.39 is 0 Å². The van der Waals surface area contributed by atoms with Crippen molar-refractivity contribution in [2.24, 2.45) is 0 Å². The number of fused-ring (bicyclic) bond motifs is 1. The minimum Gasteiger partial charge on any atom is -0.382 e. The molecule has 0 amide bonds. The van der Waals surface area contributed by atoms with E-state index in [1.54, 1.807) is 0 Å². The molecular formula is C7H9N5O. The predicted octanol–water partition coefficient (Wildman–Crippen LogP) is 0.718. The molecule has 13 heavy (non-hydrogen) atoms. The monoisotopic (exact) mass is 179 g/mol. The second-order valence-corrected chi connectivity index (χ2v) is 3.06. The van der Waals surface area contributed by atoms with Gasteiger partial charge in [0.15, 0.2) is 11.3 Å². The SMILES string of the molecule is CC(C)c1nc(N)c2nonc2n1. The molecule has 0 bridgehead atoms. The van der Waals surface area contributed by atoms with Crippen molar-refractivity contribution in [3.8, 4) is 0 Å². The van der Waals surface area contributed by atoms with E-state index >= 15 is 0 Å². The van der Waals surface area contributed by atoms with Crippen LogP contribution in [0.3, 0.4) is 0 Å². The molecule has 6 heteroatoms. The molecule has 0 aliphatic heterocycles. The summed E-state index contributed by atoms with van der Waals surface area (Å²) in [5.41, 5.74) is 6.46. The zero-order chi connectivity index (χ0) is 9.42. The number of hydrogen-bond donors (Lipinski definition) is 1. The van der Waals surface area contributed by atoms with Crippen molar-refractivity contribution in [2.75, 3.05) is 5.73 Å². The van der Waals surface area contributed by atoms with Crippen molar-refractivity contribution >= 4 is 17.0 Å². The summed E-state index contributed by atoms with van der Waals surface area (Å²) >= 11 is 0. The zero-order valence-corrected chi connectivity index (χ0v) is 7.35. The highest BCUT2D eigenvalue weighted by Crippen LogP contribution is 2.17. The first-order chi connectivity index (χ1) is 6.18. The number of nitrogens with two attached hydrogens (primary N) is 1. The second kappa shape index (κ2) is 2.65. The summed E-state index contributed by atoms with van der Waals surface area (Å²) in [6.07, 6.45) is 0. The first-order valence-electron chi connectivity index (χ1n) is 3.94. The van der Waals surface area contributed by atoms with Crippen molar-refractivity contribution in [3.05, 3.63) is 5.82 Å². The van der Waals surface area contributed by atoms with Gasteiger partial charge in [0.05, 0.1) is 0 Å². The Morgan fingerprint density at radius 1 is 1.23 bits per heavy atom. The molecule has 0 unspecified atom stereocenters. The fourth-order valence-corrected chi connectivity index (χ4v) is 0.987. The van der Waals surface area contributed by atoms with Crippen LogP contribution in [-0.4, -0.2) is 20.3 Å². The minimum atomic E-state index is 0.211. The average Bonchev–Trinajstić information content (AvgIpc) is 2.51. The summed E-state index contributed by atoms with van der Waals surface area (Å²) in [6.45, 7) is 3.96. The Bertz CT molecular complexity index is 435. The van der Waals surface area contributed by atoms with Crippen LogP contribution in [-0.2, 0) is 0 Å². The molecule has 68 valence electrons. The summed E-state index contributed by atoms with van der Waals surface area (Å²) in [6, 6.07) is 0. The Labute approximate surface area is 74.1 Å². The van der Waals surface area contributed by atoms with E-state index in [-0.39, 0.29) is 5.92 Å². The number of nitrogen functional groups attached to an aromatic ring is 1. The number of anilines is 1. The van der Waals surface area contributed by atoms with Crippen LogP contribution in [0.4, 0.5) is 5.82 Å². The van der Waals surface area contributed by atoms with Gasteiger partial charge in [-0.2, -0.15) is 0 Å². The molecule has 0 spiro atoms. The van der Waals surface area contributed by atoms with Crippen LogP contribution < -0.4 is 5.73 Å². The smallest absolute Gasteiger partial charge is 0.229 e. The van der Waals surface area contributed by atoms with Crippen molar-refractivity contribution < 1.29 is 4.63 Å². The Hall–Kier alpha value is -1.72. The minimum absolute atomic E-state index is 0.211. The third-order valence-corrected chi connectivity index (χ3v) is 1.69. The van der Waals surface area contributed by atoms with E-state index in [9.17, 15) is 0 Å². The van der Waals surface area contributed by atoms with Gasteiger partial charge in [0, 0.05) is 5.92 Å². The second-order valence-electron chi connectivity index (χ2n) is 3.06. The van der Waals surface area contributed by atoms with Gasteiger partial charge in [-0.05, 0) is 10.3 Å². The Kier molecular flexibility index (Phi) is 1.61. The lowest BCUT2D eigenvalue weighted by Gasteiger charge is -2.02. The van der Waals surface area contributed by atoms with Gasteiger partial charge in [0.2, 0.25) is 5.65 Å². The maximum absolute atomic E-state index is 5.63. The lowest BCUT2D eigenvalue weighted by molar-refractivity contribution is 0.315. The standard InChI is InChI=1S/C7H9N5O/c1-3(2)6-9-5(8)4-7(10-6)12-13-11-4/h3H,1-2H3,(H2,8,9,10,12). The molecule has 2 heterocycles.